The summed E-state index contributed by atoms with van der Waals surface area (Å²) >= 11 is 5.67. The monoisotopic (exact) mass is 251 g/mol. The van der Waals surface area contributed by atoms with Crippen molar-refractivity contribution in [1.29, 1.82) is 0 Å². The molecule has 2 rings (SSSR count). The molecule has 17 heavy (non-hydrogen) atoms. The lowest BCUT2D eigenvalue weighted by Crippen LogP contribution is -2.20. The first-order chi connectivity index (χ1) is 8.29. The lowest BCUT2D eigenvalue weighted by molar-refractivity contribution is 0.544. The van der Waals surface area contributed by atoms with E-state index >= 15 is 0 Å². The first-order valence-corrected chi connectivity index (χ1v) is 5.94. The number of hydrogen-bond donors (Lipinski definition) is 0. The van der Waals surface area contributed by atoms with Crippen LogP contribution in [-0.4, -0.2) is 23.6 Å². The van der Waals surface area contributed by atoms with E-state index in [1.54, 1.807) is 12.5 Å². The maximum Gasteiger partial charge on any atom is 0.297 e. The van der Waals surface area contributed by atoms with Gasteiger partial charge in [-0.3, -0.25) is 4.98 Å². The van der Waals surface area contributed by atoms with Crippen LogP contribution in [0.4, 0.5) is 6.01 Å². The number of hydrogen-bond acceptors (Lipinski definition) is 4. The van der Waals surface area contributed by atoms with Gasteiger partial charge in [0.15, 0.2) is 0 Å². The number of oxazole rings is 1. The molecule has 0 aliphatic heterocycles. The quantitative estimate of drug-likeness (QED) is 0.766. The molecule has 0 amide bonds. The molecule has 0 atom stereocenters. The Morgan fingerprint density at radius 2 is 2.24 bits per heavy atom. The molecule has 4 nitrogen and oxygen atoms in total. The van der Waals surface area contributed by atoms with Crippen LogP contribution < -0.4 is 4.90 Å². The topological polar surface area (TPSA) is 42.2 Å². The van der Waals surface area contributed by atoms with Crippen LogP contribution in [0, 0.1) is 0 Å². The molecular weight excluding hydrogens is 238 g/mol. The standard InChI is InChI=1S/C12H14ClN3O/c1-16(12-15-11(8-13)9-17-12)7-5-10-4-2-3-6-14-10/h2-4,6,9H,5,7-8H2,1H3. The Hall–Kier alpha value is -1.55. The number of likely N-dealkylation sites (N-methyl/N-ethyl adjacent to an activating group) is 1. The molecule has 5 heteroatoms. The SMILES string of the molecule is CN(CCc1ccccn1)c1nc(CCl)co1. The van der Waals surface area contributed by atoms with Crippen LogP contribution in [-0.2, 0) is 12.3 Å². The van der Waals surface area contributed by atoms with Crippen molar-refractivity contribution in [1.82, 2.24) is 9.97 Å². The van der Waals surface area contributed by atoms with Crippen LogP contribution in [0.3, 0.4) is 0 Å². The molecule has 0 spiro atoms. The fourth-order valence-electron chi connectivity index (χ4n) is 1.46. The third-order valence-electron chi connectivity index (χ3n) is 2.43. The summed E-state index contributed by atoms with van der Waals surface area (Å²) in [6.07, 6.45) is 4.24. The number of nitrogens with zero attached hydrogens (tertiary/aromatic N) is 3. The molecule has 2 heterocycles. The Kier molecular flexibility index (Phi) is 3.98. The molecule has 0 bridgehead atoms. The van der Waals surface area contributed by atoms with E-state index in [1.165, 1.54) is 0 Å². The number of aromatic nitrogens is 2. The van der Waals surface area contributed by atoms with Crippen LogP contribution >= 0.6 is 11.6 Å². The van der Waals surface area contributed by atoms with Gasteiger partial charge in [0.05, 0.1) is 11.6 Å². The summed E-state index contributed by atoms with van der Waals surface area (Å²) in [5, 5.41) is 0. The fraction of sp³-hybridized carbons (Fsp3) is 0.333. The molecular formula is C12H14ClN3O. The van der Waals surface area contributed by atoms with Crippen LogP contribution in [0.2, 0.25) is 0 Å². The zero-order valence-corrected chi connectivity index (χ0v) is 10.4. The van der Waals surface area contributed by atoms with Gasteiger partial charge in [-0.25, -0.2) is 0 Å². The second-order valence-corrected chi connectivity index (χ2v) is 4.01. The molecule has 0 radical (unpaired) electrons. The summed E-state index contributed by atoms with van der Waals surface area (Å²) in [6.45, 7) is 0.805. The van der Waals surface area contributed by atoms with E-state index in [-0.39, 0.29) is 0 Å². The van der Waals surface area contributed by atoms with Gasteiger partial charge in [0.2, 0.25) is 0 Å². The second-order valence-electron chi connectivity index (χ2n) is 3.75. The van der Waals surface area contributed by atoms with Gasteiger partial charge < -0.3 is 9.32 Å². The molecule has 2 aromatic heterocycles. The highest BCUT2D eigenvalue weighted by Crippen LogP contribution is 2.13. The molecule has 0 saturated heterocycles. The number of anilines is 1. The van der Waals surface area contributed by atoms with E-state index in [2.05, 4.69) is 9.97 Å². The van der Waals surface area contributed by atoms with E-state index in [0.717, 1.165) is 24.4 Å². The highest BCUT2D eigenvalue weighted by Gasteiger charge is 2.08. The second kappa shape index (κ2) is 5.68. The minimum atomic E-state index is 0.373. The third kappa shape index (κ3) is 3.20. The third-order valence-corrected chi connectivity index (χ3v) is 2.71. The van der Waals surface area contributed by atoms with Gasteiger partial charge in [0, 0.05) is 31.9 Å². The van der Waals surface area contributed by atoms with Gasteiger partial charge in [-0.2, -0.15) is 4.98 Å². The van der Waals surface area contributed by atoms with Gasteiger partial charge >= 0.3 is 0 Å². The highest BCUT2D eigenvalue weighted by atomic mass is 35.5. The Balaban J connectivity index is 1.91. The lowest BCUT2D eigenvalue weighted by atomic mass is 10.2. The number of alkyl halides is 1. The predicted molar refractivity (Wildman–Crippen MR) is 67.3 cm³/mol. The van der Waals surface area contributed by atoms with Gasteiger partial charge in [0.1, 0.15) is 6.26 Å². The van der Waals surface area contributed by atoms with E-state index < -0.39 is 0 Å². The van der Waals surface area contributed by atoms with Gasteiger partial charge in [-0.1, -0.05) is 6.07 Å². The zero-order valence-electron chi connectivity index (χ0n) is 9.64. The van der Waals surface area contributed by atoms with Gasteiger partial charge in [-0.15, -0.1) is 11.6 Å². The highest BCUT2D eigenvalue weighted by molar-refractivity contribution is 6.16. The van der Waals surface area contributed by atoms with Crippen LogP contribution in [0.5, 0.6) is 0 Å². The largest absolute Gasteiger partial charge is 0.432 e. The van der Waals surface area contributed by atoms with Crippen molar-refractivity contribution < 1.29 is 4.42 Å². The minimum absolute atomic E-state index is 0.373. The Bertz CT molecular complexity index is 458. The van der Waals surface area contributed by atoms with Crippen molar-refractivity contribution >= 4 is 17.6 Å². The molecule has 0 aromatic carbocycles. The average Bonchev–Trinajstić information content (AvgIpc) is 2.86. The van der Waals surface area contributed by atoms with E-state index in [1.807, 2.05) is 30.1 Å². The first-order valence-electron chi connectivity index (χ1n) is 5.41. The summed E-state index contributed by atoms with van der Waals surface area (Å²) in [4.78, 5) is 10.5. The summed E-state index contributed by atoms with van der Waals surface area (Å²) in [7, 11) is 1.94. The average molecular weight is 252 g/mol. The molecule has 90 valence electrons. The number of rotatable bonds is 5. The normalized spacial score (nSPS) is 10.5. The smallest absolute Gasteiger partial charge is 0.297 e. The molecule has 0 N–H and O–H groups in total. The first kappa shape index (κ1) is 11.9. The summed E-state index contributed by atoms with van der Waals surface area (Å²) in [6, 6.07) is 6.50. The summed E-state index contributed by atoms with van der Waals surface area (Å²) < 4.78 is 5.32. The van der Waals surface area contributed by atoms with Crippen LogP contribution in [0.15, 0.2) is 35.1 Å². The van der Waals surface area contributed by atoms with E-state index in [9.17, 15) is 0 Å². The molecule has 0 saturated carbocycles. The van der Waals surface area contributed by atoms with Crippen molar-refractivity contribution in [3.63, 3.8) is 0 Å². The number of halogens is 1. The Morgan fingerprint density at radius 3 is 2.88 bits per heavy atom. The van der Waals surface area contributed by atoms with E-state index in [4.69, 9.17) is 16.0 Å². The molecule has 0 aliphatic rings. The Labute approximate surface area is 105 Å². The van der Waals surface area contributed by atoms with Crippen molar-refractivity contribution in [2.75, 3.05) is 18.5 Å². The maximum absolute atomic E-state index is 5.67. The lowest BCUT2D eigenvalue weighted by Gasteiger charge is -2.13. The van der Waals surface area contributed by atoms with Gasteiger partial charge in [-0.05, 0) is 12.1 Å². The van der Waals surface area contributed by atoms with Crippen molar-refractivity contribution in [2.24, 2.45) is 0 Å². The van der Waals surface area contributed by atoms with Crippen LogP contribution in [0.25, 0.3) is 0 Å². The predicted octanol–water partition coefficient (Wildman–Crippen LogP) is 2.49. The Morgan fingerprint density at radius 1 is 1.35 bits per heavy atom. The van der Waals surface area contributed by atoms with Crippen molar-refractivity contribution in [2.45, 2.75) is 12.3 Å². The van der Waals surface area contributed by atoms with Gasteiger partial charge in [0.25, 0.3) is 6.01 Å². The zero-order chi connectivity index (χ0) is 12.1. The molecule has 0 fully saturated rings. The summed E-state index contributed by atoms with van der Waals surface area (Å²) in [5.74, 6) is 0.373. The minimum Gasteiger partial charge on any atom is -0.432 e. The molecule has 0 aliphatic carbocycles. The summed E-state index contributed by atoms with van der Waals surface area (Å²) in [5.41, 5.74) is 1.81. The van der Waals surface area contributed by atoms with Crippen molar-refractivity contribution in [3.05, 3.63) is 42.0 Å². The number of pyridine rings is 1. The van der Waals surface area contributed by atoms with Crippen molar-refractivity contribution in [3.8, 4) is 0 Å². The molecule has 2 aromatic rings. The van der Waals surface area contributed by atoms with Crippen LogP contribution in [0.1, 0.15) is 11.4 Å². The maximum atomic E-state index is 5.67. The fourth-order valence-corrected chi connectivity index (χ4v) is 1.58. The molecule has 0 unspecified atom stereocenters. The van der Waals surface area contributed by atoms with E-state index in [0.29, 0.717) is 11.9 Å².